The van der Waals surface area contributed by atoms with E-state index in [9.17, 15) is 9.90 Å². The maximum atomic E-state index is 11.5. The number of aromatic nitrogens is 1. The maximum absolute atomic E-state index is 11.5. The lowest BCUT2D eigenvalue weighted by Crippen LogP contribution is -2.06. The normalized spacial score (nSPS) is 11.5. The summed E-state index contributed by atoms with van der Waals surface area (Å²) in [5.41, 5.74) is 6.09. The molecule has 0 aliphatic heterocycles. The fourth-order valence-electron chi connectivity index (χ4n) is 5.48. The molecule has 1 aromatic heterocycles. The Hall–Kier alpha value is -5.55. The zero-order valence-electron chi connectivity index (χ0n) is 24.3. The Balaban J connectivity index is 1.18. The van der Waals surface area contributed by atoms with Crippen molar-refractivity contribution in [3.8, 4) is 11.6 Å². The molecule has 0 unspecified atom stereocenters. The molecule has 5 nitrogen and oxygen atoms in total. The topological polar surface area (TPSA) is 71.5 Å². The van der Waals surface area contributed by atoms with Gasteiger partial charge in [0, 0.05) is 16.3 Å². The highest BCUT2D eigenvalue weighted by Gasteiger charge is 2.17. The van der Waals surface area contributed by atoms with Crippen molar-refractivity contribution in [1.29, 1.82) is 0 Å². The number of nitrogens with one attached hydrogen (secondary N) is 1. The smallest absolute Gasteiger partial charge is 0.493 e. The van der Waals surface area contributed by atoms with Crippen molar-refractivity contribution < 1.29 is 19.4 Å². The van der Waals surface area contributed by atoms with Gasteiger partial charge in [0.15, 0.2) is 0 Å². The Kier molecular flexibility index (Phi) is 8.84. The number of rotatable bonds is 11. The third-order valence-electron chi connectivity index (χ3n) is 7.57. The molecule has 0 fully saturated rings. The summed E-state index contributed by atoms with van der Waals surface area (Å²) in [6, 6.07) is 38.9. The number of allylic oxidation sites excluding steroid dienone is 1. The average molecular weight is 580 g/mol. The van der Waals surface area contributed by atoms with Gasteiger partial charge in [-0.3, -0.25) is 0 Å². The second-order valence-corrected chi connectivity index (χ2v) is 10.6. The van der Waals surface area contributed by atoms with Crippen LogP contribution >= 0.6 is 0 Å². The Morgan fingerprint density at radius 3 is 2.34 bits per heavy atom. The highest BCUT2D eigenvalue weighted by Crippen LogP contribution is 2.33. The van der Waals surface area contributed by atoms with Crippen LogP contribution in [0.2, 0.25) is 0 Å². The van der Waals surface area contributed by atoms with E-state index in [0.29, 0.717) is 19.4 Å². The number of carboxylic acid groups (broad SMARTS) is 1. The minimum absolute atomic E-state index is 0.254. The first-order chi connectivity index (χ1) is 21.6. The van der Waals surface area contributed by atoms with E-state index in [1.165, 1.54) is 5.56 Å². The monoisotopic (exact) mass is 579 g/mol. The molecule has 0 saturated heterocycles. The average Bonchev–Trinajstić information content (AvgIpc) is 3.39. The zero-order chi connectivity index (χ0) is 30.1. The molecule has 2 N–H and O–H groups in total. The molecule has 218 valence electrons. The molecule has 44 heavy (non-hydrogen) atoms. The van der Waals surface area contributed by atoms with Crippen molar-refractivity contribution in [2.45, 2.75) is 19.3 Å². The molecule has 0 aliphatic rings. The number of hydrogen-bond acceptors (Lipinski definition) is 3. The molecule has 0 bridgehead atoms. The second kappa shape index (κ2) is 13.6. The van der Waals surface area contributed by atoms with E-state index in [1.807, 2.05) is 60.7 Å². The van der Waals surface area contributed by atoms with Crippen molar-refractivity contribution in [3.63, 3.8) is 0 Å². The largest absolute Gasteiger partial charge is 0.512 e. The summed E-state index contributed by atoms with van der Waals surface area (Å²) in [6.45, 7) is 0.489. The molecule has 0 atom stereocenters. The number of carbonyl (C=O) groups is 1. The molecule has 0 aliphatic carbocycles. The molecule has 0 spiro atoms. The summed E-state index contributed by atoms with van der Waals surface area (Å²) in [5.74, 6) is 1.09. The number of H-pyrrole nitrogens is 1. The highest BCUT2D eigenvalue weighted by atomic mass is 16.7. The second-order valence-electron chi connectivity index (χ2n) is 10.6. The Bertz CT molecular complexity index is 1950. The fraction of sp³-hybridized carbons (Fsp3) is 0.103. The van der Waals surface area contributed by atoms with E-state index in [1.54, 1.807) is 0 Å². The Morgan fingerprint density at radius 2 is 1.48 bits per heavy atom. The lowest BCUT2D eigenvalue weighted by molar-refractivity contribution is 0.142. The highest BCUT2D eigenvalue weighted by molar-refractivity contribution is 5.95. The van der Waals surface area contributed by atoms with Crippen LogP contribution in [-0.4, -0.2) is 22.9 Å². The molecule has 6 aromatic rings. The standard InChI is InChI=1S/C39H33NO4/c41-39(42)44-38-35(22-10-26-43-36-23-9-18-31-17-4-5-20-33(31)36)34-21-8-19-32(37(34)40-38)25-24-30-16-7-15-29(27-30)14-6-13-28-11-2-1-3-12-28/h1-9,11-12,14-21,23-25,27,40H,10,13,22,26H2,(H,41,42)/b14-6+,25-24+. The summed E-state index contributed by atoms with van der Waals surface area (Å²) in [6.07, 6.45) is 9.25. The van der Waals surface area contributed by atoms with E-state index in [2.05, 4.69) is 83.9 Å². The molecule has 1 heterocycles. The van der Waals surface area contributed by atoms with Crippen LogP contribution in [0.3, 0.4) is 0 Å². The van der Waals surface area contributed by atoms with Gasteiger partial charge in [-0.05, 0) is 59.0 Å². The van der Waals surface area contributed by atoms with Crippen LogP contribution in [0, 0.1) is 0 Å². The quantitative estimate of drug-likeness (QED) is 0.0910. The number of para-hydroxylation sites is 1. The van der Waals surface area contributed by atoms with Gasteiger partial charge in [-0.15, -0.1) is 0 Å². The fourth-order valence-corrected chi connectivity index (χ4v) is 5.48. The van der Waals surface area contributed by atoms with Crippen LogP contribution < -0.4 is 9.47 Å². The molecule has 6 rings (SSSR count). The van der Waals surface area contributed by atoms with Crippen molar-refractivity contribution in [2.75, 3.05) is 6.61 Å². The van der Waals surface area contributed by atoms with Crippen LogP contribution in [0.4, 0.5) is 4.79 Å². The number of aryl methyl sites for hydroxylation is 1. The summed E-state index contributed by atoms with van der Waals surface area (Å²) in [5, 5.41) is 12.6. The van der Waals surface area contributed by atoms with Crippen LogP contribution in [0.15, 0.2) is 121 Å². The van der Waals surface area contributed by atoms with Gasteiger partial charge >= 0.3 is 6.16 Å². The molecule has 5 heteroatoms. The number of hydrogen-bond donors (Lipinski definition) is 2. The van der Waals surface area contributed by atoms with Crippen molar-refractivity contribution in [1.82, 2.24) is 4.98 Å². The maximum Gasteiger partial charge on any atom is 0.512 e. The van der Waals surface area contributed by atoms with E-state index >= 15 is 0 Å². The summed E-state index contributed by atoms with van der Waals surface area (Å²) >= 11 is 0. The lowest BCUT2D eigenvalue weighted by atomic mass is 10.0. The molecule has 0 amide bonds. The minimum atomic E-state index is -1.35. The Morgan fingerprint density at radius 1 is 0.750 bits per heavy atom. The summed E-state index contributed by atoms with van der Waals surface area (Å²) in [7, 11) is 0. The number of benzene rings is 5. The van der Waals surface area contributed by atoms with Crippen LogP contribution in [0.5, 0.6) is 11.6 Å². The van der Waals surface area contributed by atoms with Crippen LogP contribution in [0.1, 0.15) is 34.2 Å². The SMILES string of the molecule is O=C(O)Oc1[nH]c2c(/C=C/c3cccc(/C=C/Cc4ccccc4)c3)cccc2c1CCCOc1cccc2ccccc12. The first-order valence-electron chi connectivity index (χ1n) is 14.8. The van der Waals surface area contributed by atoms with E-state index in [0.717, 1.165) is 56.1 Å². The van der Waals surface area contributed by atoms with Gasteiger partial charge in [0.1, 0.15) is 5.75 Å². The van der Waals surface area contributed by atoms with Gasteiger partial charge < -0.3 is 19.6 Å². The number of fused-ring (bicyclic) bond motifs is 2. The minimum Gasteiger partial charge on any atom is -0.493 e. The summed E-state index contributed by atoms with van der Waals surface area (Å²) < 4.78 is 11.3. The molecular weight excluding hydrogens is 546 g/mol. The number of aromatic amines is 1. The van der Waals surface area contributed by atoms with Crippen LogP contribution in [0.25, 0.3) is 39.9 Å². The van der Waals surface area contributed by atoms with Gasteiger partial charge in [0.2, 0.25) is 5.88 Å². The third kappa shape index (κ3) is 6.90. The summed E-state index contributed by atoms with van der Waals surface area (Å²) in [4.78, 5) is 14.8. The molecular formula is C39H33NO4. The molecule has 0 saturated carbocycles. The molecule has 5 aromatic carbocycles. The van der Waals surface area contributed by atoms with E-state index < -0.39 is 6.16 Å². The predicted octanol–water partition coefficient (Wildman–Crippen LogP) is 9.82. The van der Waals surface area contributed by atoms with E-state index in [4.69, 9.17) is 9.47 Å². The van der Waals surface area contributed by atoms with Gasteiger partial charge in [-0.2, -0.15) is 0 Å². The Labute approximate surface area is 256 Å². The van der Waals surface area contributed by atoms with Gasteiger partial charge in [0.05, 0.1) is 12.1 Å². The van der Waals surface area contributed by atoms with Crippen molar-refractivity contribution in [2.24, 2.45) is 0 Å². The first kappa shape index (κ1) is 28.6. The molecule has 0 radical (unpaired) electrons. The van der Waals surface area contributed by atoms with Crippen molar-refractivity contribution in [3.05, 3.63) is 149 Å². The lowest BCUT2D eigenvalue weighted by Gasteiger charge is -2.09. The number of ether oxygens (including phenoxy) is 2. The van der Waals surface area contributed by atoms with Gasteiger partial charge in [-0.1, -0.05) is 127 Å². The first-order valence-corrected chi connectivity index (χ1v) is 14.8. The van der Waals surface area contributed by atoms with Gasteiger partial charge in [0.25, 0.3) is 0 Å². The van der Waals surface area contributed by atoms with Crippen LogP contribution in [-0.2, 0) is 12.8 Å². The van der Waals surface area contributed by atoms with Gasteiger partial charge in [-0.25, -0.2) is 4.79 Å². The zero-order valence-corrected chi connectivity index (χ0v) is 24.3. The van der Waals surface area contributed by atoms with E-state index in [-0.39, 0.29) is 5.88 Å². The third-order valence-corrected chi connectivity index (χ3v) is 7.57. The van der Waals surface area contributed by atoms with Crippen molar-refractivity contribution >= 4 is 46.1 Å². The predicted molar refractivity (Wildman–Crippen MR) is 179 cm³/mol.